The monoisotopic (exact) mass is 198 g/mol. The summed E-state index contributed by atoms with van der Waals surface area (Å²) in [4.78, 5) is 14.0. The van der Waals surface area contributed by atoms with Crippen molar-refractivity contribution in [2.75, 3.05) is 26.7 Å². The first kappa shape index (κ1) is 11.5. The molecule has 3 nitrogen and oxygen atoms in total. The van der Waals surface area contributed by atoms with Crippen LogP contribution in [0.15, 0.2) is 0 Å². The van der Waals surface area contributed by atoms with Crippen molar-refractivity contribution in [3.8, 4) is 0 Å². The minimum Gasteiger partial charge on any atom is -0.346 e. The molecule has 0 radical (unpaired) electrons. The molecule has 0 aromatic heterocycles. The number of nitrogens with one attached hydrogen (secondary N) is 1. The number of rotatable bonds is 3. The molecule has 1 amide bonds. The minimum atomic E-state index is -0.0734. The molecule has 0 spiro atoms. The van der Waals surface area contributed by atoms with Crippen LogP contribution in [0.5, 0.6) is 0 Å². The fourth-order valence-corrected chi connectivity index (χ4v) is 2.17. The molecule has 1 fully saturated rings. The second-order valence-corrected chi connectivity index (χ2v) is 4.20. The normalized spacial score (nSPS) is 20.5. The van der Waals surface area contributed by atoms with Gasteiger partial charge in [-0.25, -0.2) is 0 Å². The largest absolute Gasteiger partial charge is 0.346 e. The van der Waals surface area contributed by atoms with Crippen molar-refractivity contribution in [3.05, 3.63) is 0 Å². The Kier molecular flexibility index (Phi) is 3.93. The average Bonchev–Trinajstić information content (AvgIpc) is 2.28. The highest BCUT2D eigenvalue weighted by Gasteiger charge is 2.38. The molecule has 1 N–H and O–H groups in total. The zero-order valence-electron chi connectivity index (χ0n) is 9.60. The van der Waals surface area contributed by atoms with Gasteiger partial charge in [0.15, 0.2) is 0 Å². The second-order valence-electron chi connectivity index (χ2n) is 4.20. The Morgan fingerprint density at radius 1 is 1.36 bits per heavy atom. The van der Waals surface area contributed by atoms with Crippen LogP contribution in [0.4, 0.5) is 0 Å². The number of hydrogen-bond acceptors (Lipinski definition) is 2. The summed E-state index contributed by atoms with van der Waals surface area (Å²) in [7, 11) is 1.90. The molecule has 1 heterocycles. The first-order valence-electron chi connectivity index (χ1n) is 5.62. The fraction of sp³-hybridized carbons (Fsp3) is 0.909. The van der Waals surface area contributed by atoms with Gasteiger partial charge in [0.1, 0.15) is 0 Å². The van der Waals surface area contributed by atoms with E-state index in [4.69, 9.17) is 0 Å². The molecule has 14 heavy (non-hydrogen) atoms. The summed E-state index contributed by atoms with van der Waals surface area (Å²) in [6.45, 7) is 6.94. The van der Waals surface area contributed by atoms with E-state index in [1.807, 2.05) is 18.9 Å². The van der Waals surface area contributed by atoms with Gasteiger partial charge in [-0.1, -0.05) is 6.92 Å². The summed E-state index contributed by atoms with van der Waals surface area (Å²) in [6, 6.07) is 0. The third-order valence-electron chi connectivity index (χ3n) is 3.51. The molecule has 0 atom stereocenters. The van der Waals surface area contributed by atoms with E-state index in [1.54, 1.807) is 0 Å². The van der Waals surface area contributed by atoms with E-state index < -0.39 is 0 Å². The Bertz CT molecular complexity index is 197. The van der Waals surface area contributed by atoms with Gasteiger partial charge in [0.05, 0.1) is 5.41 Å². The number of carbonyl (C=O) groups excluding carboxylic acids is 1. The molecule has 1 saturated heterocycles. The first-order chi connectivity index (χ1) is 6.66. The van der Waals surface area contributed by atoms with Crippen molar-refractivity contribution in [3.63, 3.8) is 0 Å². The number of carbonyl (C=O) groups is 1. The van der Waals surface area contributed by atoms with E-state index in [2.05, 4.69) is 12.2 Å². The molecule has 0 aliphatic carbocycles. The zero-order valence-corrected chi connectivity index (χ0v) is 9.60. The quantitative estimate of drug-likeness (QED) is 0.740. The maximum Gasteiger partial charge on any atom is 0.228 e. The van der Waals surface area contributed by atoms with Gasteiger partial charge in [0.25, 0.3) is 0 Å². The summed E-state index contributed by atoms with van der Waals surface area (Å²) < 4.78 is 0. The lowest BCUT2D eigenvalue weighted by atomic mass is 9.75. The van der Waals surface area contributed by atoms with E-state index in [9.17, 15) is 4.79 Å². The molecule has 1 rings (SSSR count). The van der Waals surface area contributed by atoms with Crippen LogP contribution in [0, 0.1) is 5.41 Å². The van der Waals surface area contributed by atoms with E-state index >= 15 is 0 Å². The first-order valence-corrected chi connectivity index (χ1v) is 5.62. The summed E-state index contributed by atoms with van der Waals surface area (Å²) >= 11 is 0. The van der Waals surface area contributed by atoms with Gasteiger partial charge in [-0.05, 0) is 39.3 Å². The number of hydrogen-bond donors (Lipinski definition) is 1. The van der Waals surface area contributed by atoms with Gasteiger partial charge < -0.3 is 10.2 Å². The van der Waals surface area contributed by atoms with Crippen molar-refractivity contribution in [1.29, 1.82) is 0 Å². The average molecular weight is 198 g/mol. The summed E-state index contributed by atoms with van der Waals surface area (Å²) in [6.07, 6.45) is 2.96. The Labute approximate surface area is 86.9 Å². The van der Waals surface area contributed by atoms with E-state index in [-0.39, 0.29) is 5.41 Å². The fourth-order valence-electron chi connectivity index (χ4n) is 2.17. The molecule has 1 aliphatic rings. The van der Waals surface area contributed by atoms with Gasteiger partial charge in [-0.2, -0.15) is 0 Å². The topological polar surface area (TPSA) is 32.3 Å². The molecule has 82 valence electrons. The summed E-state index contributed by atoms with van der Waals surface area (Å²) in [5.74, 6) is 0.337. The summed E-state index contributed by atoms with van der Waals surface area (Å²) in [5, 5.41) is 3.31. The maximum atomic E-state index is 12.2. The van der Waals surface area contributed by atoms with Gasteiger partial charge in [0.2, 0.25) is 5.91 Å². The van der Waals surface area contributed by atoms with Crippen molar-refractivity contribution >= 4 is 5.91 Å². The van der Waals surface area contributed by atoms with Crippen LogP contribution in [0.3, 0.4) is 0 Å². The molecular formula is C11H22N2O. The lowest BCUT2D eigenvalue weighted by molar-refractivity contribution is -0.142. The molecule has 3 heteroatoms. The van der Waals surface area contributed by atoms with Crippen molar-refractivity contribution in [2.24, 2.45) is 5.41 Å². The van der Waals surface area contributed by atoms with Crippen molar-refractivity contribution in [1.82, 2.24) is 10.2 Å². The Balaban J connectivity index is 2.72. The third-order valence-corrected chi connectivity index (χ3v) is 3.51. The predicted molar refractivity (Wildman–Crippen MR) is 58.1 cm³/mol. The van der Waals surface area contributed by atoms with Crippen LogP contribution in [0.25, 0.3) is 0 Å². The van der Waals surface area contributed by atoms with Crippen LogP contribution < -0.4 is 5.32 Å². The number of nitrogens with zero attached hydrogens (tertiary/aromatic N) is 1. The lowest BCUT2D eigenvalue weighted by Crippen LogP contribution is -2.47. The van der Waals surface area contributed by atoms with Crippen LogP contribution in [-0.2, 0) is 4.79 Å². The van der Waals surface area contributed by atoms with Gasteiger partial charge in [-0.3, -0.25) is 4.79 Å². The predicted octanol–water partition coefficient (Wildman–Crippen LogP) is 1.24. The Morgan fingerprint density at radius 2 is 1.93 bits per heavy atom. The number of amides is 1. The molecule has 1 aliphatic heterocycles. The standard InChI is InChI=1S/C11H22N2O/c1-4-11(6-8-12-9-7-11)10(14)13(3)5-2/h12H,4-9H2,1-3H3. The highest BCUT2D eigenvalue weighted by Crippen LogP contribution is 2.34. The van der Waals surface area contributed by atoms with Crippen LogP contribution >= 0.6 is 0 Å². The third kappa shape index (κ3) is 2.08. The van der Waals surface area contributed by atoms with Gasteiger partial charge in [0, 0.05) is 13.6 Å². The smallest absolute Gasteiger partial charge is 0.228 e. The van der Waals surface area contributed by atoms with Gasteiger partial charge >= 0.3 is 0 Å². The van der Waals surface area contributed by atoms with E-state index in [0.29, 0.717) is 5.91 Å². The molecule has 0 unspecified atom stereocenters. The Hall–Kier alpha value is -0.570. The molecule has 0 aromatic rings. The van der Waals surface area contributed by atoms with E-state index in [1.165, 1.54) is 0 Å². The van der Waals surface area contributed by atoms with Crippen LogP contribution in [-0.4, -0.2) is 37.5 Å². The van der Waals surface area contributed by atoms with E-state index in [0.717, 1.165) is 38.9 Å². The highest BCUT2D eigenvalue weighted by atomic mass is 16.2. The maximum absolute atomic E-state index is 12.2. The lowest BCUT2D eigenvalue weighted by Gasteiger charge is -2.38. The van der Waals surface area contributed by atoms with Crippen LogP contribution in [0.2, 0.25) is 0 Å². The second kappa shape index (κ2) is 4.78. The SMILES string of the molecule is CCN(C)C(=O)C1(CC)CCNCC1. The molecule has 0 saturated carbocycles. The number of piperidine rings is 1. The van der Waals surface area contributed by atoms with Gasteiger partial charge in [-0.15, -0.1) is 0 Å². The summed E-state index contributed by atoms with van der Waals surface area (Å²) in [5.41, 5.74) is -0.0734. The Morgan fingerprint density at radius 3 is 2.36 bits per heavy atom. The van der Waals surface area contributed by atoms with Crippen molar-refractivity contribution < 1.29 is 4.79 Å². The molecule has 0 bridgehead atoms. The van der Waals surface area contributed by atoms with Crippen LogP contribution in [0.1, 0.15) is 33.1 Å². The minimum absolute atomic E-state index is 0.0734. The highest BCUT2D eigenvalue weighted by molar-refractivity contribution is 5.82. The zero-order chi connectivity index (χ0) is 10.6. The van der Waals surface area contributed by atoms with Crippen molar-refractivity contribution in [2.45, 2.75) is 33.1 Å². The molecular weight excluding hydrogens is 176 g/mol. The molecule has 0 aromatic carbocycles.